The Morgan fingerprint density at radius 3 is 2.58 bits per heavy atom. The van der Waals surface area contributed by atoms with Gasteiger partial charge in [0, 0.05) is 11.8 Å². The van der Waals surface area contributed by atoms with Crippen LogP contribution in [0.2, 0.25) is 0 Å². The monoisotopic (exact) mass is 269 g/mol. The number of hydrogen-bond acceptors (Lipinski definition) is 2. The third kappa shape index (κ3) is 2.91. The molecular formula is C12H7F4N3. The Hall–Kier alpha value is -2.36. The molecule has 98 valence electrons. The molecule has 1 aromatic heterocycles. The largest absolute Gasteiger partial charge is 0.435 e. The molecule has 0 N–H and O–H groups in total. The first-order valence-corrected chi connectivity index (χ1v) is 5.19. The first kappa shape index (κ1) is 13.1. The molecule has 0 amide bonds. The molecule has 1 heterocycles. The van der Waals surface area contributed by atoms with Crippen LogP contribution in [0.25, 0.3) is 0 Å². The molecule has 3 nitrogen and oxygen atoms in total. The molecule has 0 spiro atoms. The van der Waals surface area contributed by atoms with E-state index < -0.39 is 17.7 Å². The highest BCUT2D eigenvalue weighted by atomic mass is 19.4. The molecule has 0 saturated heterocycles. The van der Waals surface area contributed by atoms with Gasteiger partial charge in [0.15, 0.2) is 5.69 Å². The number of hydrogen-bond donors (Lipinski definition) is 0. The maximum absolute atomic E-state index is 13.5. The lowest BCUT2D eigenvalue weighted by atomic mass is 10.1. The Labute approximate surface area is 105 Å². The van der Waals surface area contributed by atoms with Crippen molar-refractivity contribution < 1.29 is 17.6 Å². The first-order valence-electron chi connectivity index (χ1n) is 5.19. The maximum atomic E-state index is 13.5. The fourth-order valence-corrected chi connectivity index (χ4v) is 1.54. The Balaban J connectivity index is 2.27. The zero-order chi connectivity index (χ0) is 14.0. The van der Waals surface area contributed by atoms with Gasteiger partial charge in [0.25, 0.3) is 0 Å². The van der Waals surface area contributed by atoms with Crippen molar-refractivity contribution in [3.05, 3.63) is 53.1 Å². The van der Waals surface area contributed by atoms with Crippen molar-refractivity contribution in [2.45, 2.75) is 12.7 Å². The zero-order valence-corrected chi connectivity index (χ0v) is 9.45. The fraction of sp³-hybridized carbons (Fsp3) is 0.167. The van der Waals surface area contributed by atoms with Gasteiger partial charge in [0.1, 0.15) is 5.82 Å². The minimum Gasteiger partial charge on any atom is -0.268 e. The van der Waals surface area contributed by atoms with E-state index in [-0.39, 0.29) is 17.7 Å². The van der Waals surface area contributed by atoms with Crippen molar-refractivity contribution in [3.8, 4) is 6.07 Å². The van der Waals surface area contributed by atoms with Gasteiger partial charge in [-0.05, 0) is 24.3 Å². The summed E-state index contributed by atoms with van der Waals surface area (Å²) in [6.07, 6.45) is -3.42. The van der Waals surface area contributed by atoms with Gasteiger partial charge in [-0.15, -0.1) is 0 Å². The van der Waals surface area contributed by atoms with Crippen LogP contribution in [0.4, 0.5) is 17.6 Å². The minimum atomic E-state index is -4.53. The van der Waals surface area contributed by atoms with Gasteiger partial charge < -0.3 is 0 Å². The molecule has 2 rings (SSSR count). The van der Waals surface area contributed by atoms with Gasteiger partial charge in [0.2, 0.25) is 0 Å². The van der Waals surface area contributed by atoms with E-state index in [0.29, 0.717) is 0 Å². The van der Waals surface area contributed by atoms with Crippen LogP contribution in [0, 0.1) is 17.1 Å². The fourth-order valence-electron chi connectivity index (χ4n) is 1.54. The Bertz CT molecular complexity index is 637. The van der Waals surface area contributed by atoms with Crippen molar-refractivity contribution in [2.75, 3.05) is 0 Å². The van der Waals surface area contributed by atoms with E-state index in [2.05, 4.69) is 5.10 Å². The number of nitriles is 1. The van der Waals surface area contributed by atoms with Crippen LogP contribution >= 0.6 is 0 Å². The summed E-state index contributed by atoms with van der Waals surface area (Å²) in [6, 6.07) is 6.32. The number of rotatable bonds is 2. The topological polar surface area (TPSA) is 41.6 Å². The van der Waals surface area contributed by atoms with E-state index in [1.54, 1.807) is 0 Å². The maximum Gasteiger partial charge on any atom is 0.435 e. The van der Waals surface area contributed by atoms with Crippen molar-refractivity contribution >= 4 is 0 Å². The number of aromatic nitrogens is 2. The highest BCUT2D eigenvalue weighted by molar-refractivity contribution is 5.33. The number of benzene rings is 1. The smallest absolute Gasteiger partial charge is 0.268 e. The average Bonchev–Trinajstić information content (AvgIpc) is 2.80. The lowest BCUT2D eigenvalue weighted by molar-refractivity contribution is -0.141. The SMILES string of the molecule is N#Cc1ccc(F)c(Cn2ccc(C(F)(F)F)n2)c1. The first-order chi connectivity index (χ1) is 8.90. The molecule has 0 aliphatic rings. The van der Waals surface area contributed by atoms with E-state index in [1.807, 2.05) is 6.07 Å². The van der Waals surface area contributed by atoms with Gasteiger partial charge in [-0.1, -0.05) is 0 Å². The lowest BCUT2D eigenvalue weighted by Gasteiger charge is -2.05. The summed E-state index contributed by atoms with van der Waals surface area (Å²) in [4.78, 5) is 0. The Morgan fingerprint density at radius 1 is 1.26 bits per heavy atom. The van der Waals surface area contributed by atoms with Gasteiger partial charge >= 0.3 is 6.18 Å². The predicted octanol–water partition coefficient (Wildman–Crippen LogP) is 2.96. The third-order valence-electron chi connectivity index (χ3n) is 2.44. The van der Waals surface area contributed by atoms with E-state index in [0.717, 1.165) is 23.0 Å². The molecule has 7 heteroatoms. The molecule has 0 bridgehead atoms. The van der Waals surface area contributed by atoms with Crippen LogP contribution in [-0.2, 0) is 12.7 Å². The molecule has 0 atom stereocenters. The Kier molecular flexibility index (Phi) is 3.25. The molecule has 0 aliphatic carbocycles. The van der Waals surface area contributed by atoms with Crippen LogP contribution in [-0.4, -0.2) is 9.78 Å². The van der Waals surface area contributed by atoms with E-state index >= 15 is 0 Å². The number of halogens is 4. The summed E-state index contributed by atoms with van der Waals surface area (Å²) in [7, 11) is 0. The molecule has 19 heavy (non-hydrogen) atoms. The van der Waals surface area contributed by atoms with E-state index in [4.69, 9.17) is 5.26 Å². The van der Waals surface area contributed by atoms with E-state index in [9.17, 15) is 17.6 Å². The second kappa shape index (κ2) is 4.72. The quantitative estimate of drug-likeness (QED) is 0.786. The standard InChI is InChI=1S/C12H7F4N3/c13-10-2-1-8(6-17)5-9(10)7-19-4-3-11(18-19)12(14,15)16/h1-5H,7H2. The molecule has 0 fully saturated rings. The zero-order valence-electron chi connectivity index (χ0n) is 9.45. The highest BCUT2D eigenvalue weighted by Gasteiger charge is 2.33. The molecule has 0 aliphatic heterocycles. The molecular weight excluding hydrogens is 262 g/mol. The summed E-state index contributed by atoms with van der Waals surface area (Å²) < 4.78 is 51.5. The average molecular weight is 269 g/mol. The van der Waals surface area contributed by atoms with E-state index in [1.165, 1.54) is 12.1 Å². The summed E-state index contributed by atoms with van der Waals surface area (Å²) in [5, 5.41) is 12.0. The van der Waals surface area contributed by atoms with Crippen molar-refractivity contribution in [1.82, 2.24) is 9.78 Å². The summed E-state index contributed by atoms with van der Waals surface area (Å²) in [5.41, 5.74) is -0.695. The van der Waals surface area contributed by atoms with Gasteiger partial charge in [0.05, 0.1) is 18.2 Å². The molecule has 0 radical (unpaired) electrons. The third-order valence-corrected chi connectivity index (χ3v) is 2.44. The summed E-state index contributed by atoms with van der Waals surface area (Å²) in [6.45, 7) is -0.169. The highest BCUT2D eigenvalue weighted by Crippen LogP contribution is 2.27. The number of nitrogens with zero attached hydrogens (tertiary/aromatic N) is 3. The van der Waals surface area contributed by atoms with Crippen molar-refractivity contribution in [1.29, 1.82) is 5.26 Å². The number of alkyl halides is 3. The van der Waals surface area contributed by atoms with Crippen LogP contribution in [0.3, 0.4) is 0 Å². The minimum absolute atomic E-state index is 0.107. The van der Waals surface area contributed by atoms with Gasteiger partial charge in [-0.25, -0.2) is 4.39 Å². The normalized spacial score (nSPS) is 11.3. The van der Waals surface area contributed by atoms with Crippen molar-refractivity contribution in [2.24, 2.45) is 0 Å². The van der Waals surface area contributed by atoms with Gasteiger partial charge in [-0.3, -0.25) is 4.68 Å². The lowest BCUT2D eigenvalue weighted by Crippen LogP contribution is -2.09. The van der Waals surface area contributed by atoms with Gasteiger partial charge in [-0.2, -0.15) is 23.5 Å². The van der Waals surface area contributed by atoms with Crippen LogP contribution in [0.15, 0.2) is 30.5 Å². The van der Waals surface area contributed by atoms with Crippen LogP contribution < -0.4 is 0 Å². The second-order valence-corrected chi connectivity index (χ2v) is 3.81. The molecule has 2 aromatic rings. The summed E-state index contributed by atoms with van der Waals surface area (Å²) in [5.74, 6) is -0.594. The van der Waals surface area contributed by atoms with Crippen LogP contribution in [0.1, 0.15) is 16.8 Å². The summed E-state index contributed by atoms with van der Waals surface area (Å²) >= 11 is 0. The van der Waals surface area contributed by atoms with Crippen LogP contribution in [0.5, 0.6) is 0 Å². The van der Waals surface area contributed by atoms with Crippen molar-refractivity contribution in [3.63, 3.8) is 0 Å². The second-order valence-electron chi connectivity index (χ2n) is 3.81. The molecule has 1 aromatic carbocycles. The Morgan fingerprint density at radius 2 is 2.00 bits per heavy atom. The molecule has 0 saturated carbocycles. The molecule has 0 unspecified atom stereocenters. The predicted molar refractivity (Wildman–Crippen MR) is 57.4 cm³/mol.